The fourth-order valence-corrected chi connectivity index (χ4v) is 8.81. The number of imidazole rings is 1. The van der Waals surface area contributed by atoms with Crippen molar-refractivity contribution < 1.29 is 13.9 Å². The van der Waals surface area contributed by atoms with Gasteiger partial charge in [0.25, 0.3) is 5.91 Å². The molecule has 1 amide bonds. The van der Waals surface area contributed by atoms with Crippen LogP contribution in [0.3, 0.4) is 0 Å². The number of anilines is 3. The number of nitrogens with zero attached hydrogens (tertiary/aromatic N) is 8. The maximum Gasteiger partial charge on any atom is 0.254 e. The number of halogens is 1. The fraction of sp³-hybridized carbons (Fsp3) is 0.605. The van der Waals surface area contributed by atoms with Gasteiger partial charge in [-0.3, -0.25) is 14.3 Å². The Labute approximate surface area is 300 Å². The number of hydrogen-bond acceptors (Lipinski definition) is 10. The molecule has 51 heavy (non-hydrogen) atoms. The number of rotatable bonds is 10. The zero-order valence-electron chi connectivity index (χ0n) is 30.4. The van der Waals surface area contributed by atoms with Crippen molar-refractivity contribution in [2.24, 2.45) is 5.92 Å². The smallest absolute Gasteiger partial charge is 0.254 e. The molecule has 2 aromatic heterocycles. The molecule has 0 bridgehead atoms. The highest BCUT2D eigenvalue weighted by molar-refractivity contribution is 5.96. The summed E-state index contributed by atoms with van der Waals surface area (Å²) in [5.41, 5.74) is 2.31. The van der Waals surface area contributed by atoms with Crippen molar-refractivity contribution in [2.45, 2.75) is 103 Å². The van der Waals surface area contributed by atoms with Gasteiger partial charge in [0.05, 0.1) is 36.3 Å². The molecule has 0 spiro atoms. The van der Waals surface area contributed by atoms with E-state index in [0.717, 1.165) is 108 Å². The predicted octanol–water partition coefficient (Wildman–Crippen LogP) is 5.95. The minimum atomic E-state index is -0.646. The Morgan fingerprint density at radius 3 is 2.47 bits per heavy atom. The molecule has 272 valence electrons. The number of nitrogens with one attached hydrogen (secondary N) is 2. The molecule has 7 rings (SSSR count). The van der Waals surface area contributed by atoms with E-state index in [9.17, 15) is 10.1 Å². The molecule has 3 aromatic rings. The second-order valence-corrected chi connectivity index (χ2v) is 15.0. The summed E-state index contributed by atoms with van der Waals surface area (Å²) in [6.07, 6.45) is 12.4. The maximum absolute atomic E-state index is 15.7. The molecule has 13 heteroatoms. The van der Waals surface area contributed by atoms with Crippen LogP contribution in [0.5, 0.6) is 5.75 Å². The molecule has 1 saturated heterocycles. The lowest BCUT2D eigenvalue weighted by molar-refractivity contribution is 0.0668. The Bertz CT molecular complexity index is 1750. The fourth-order valence-electron chi connectivity index (χ4n) is 8.81. The highest BCUT2D eigenvalue weighted by atomic mass is 19.1. The molecule has 4 aliphatic rings. The van der Waals surface area contributed by atoms with Gasteiger partial charge in [0, 0.05) is 56.9 Å². The monoisotopic (exact) mass is 698 g/mol. The van der Waals surface area contributed by atoms with E-state index < -0.39 is 11.7 Å². The molecule has 12 nitrogen and oxygen atoms in total. The Hall–Kier alpha value is -4.28. The van der Waals surface area contributed by atoms with Crippen LogP contribution in [-0.4, -0.2) is 93.2 Å². The van der Waals surface area contributed by atoms with Crippen LogP contribution in [0.2, 0.25) is 0 Å². The van der Waals surface area contributed by atoms with Gasteiger partial charge in [0.1, 0.15) is 29.7 Å². The van der Waals surface area contributed by atoms with Gasteiger partial charge in [-0.25, -0.2) is 14.4 Å². The van der Waals surface area contributed by atoms with Gasteiger partial charge in [-0.15, -0.1) is 0 Å². The SMILES string of the molecule is CCC1c2c(C#N)ncn2-c2cnc(Nc3cc(F)c(C(=O)NC4CCC(N5CCN(CC(C)C)CC5)CC4)cc3OC)nc2N1C1CCCC1. The van der Waals surface area contributed by atoms with E-state index in [0.29, 0.717) is 29.1 Å². The van der Waals surface area contributed by atoms with Crippen LogP contribution in [0.4, 0.5) is 21.8 Å². The summed E-state index contributed by atoms with van der Waals surface area (Å²) >= 11 is 0. The van der Waals surface area contributed by atoms with Gasteiger partial charge in [-0.05, 0) is 56.9 Å². The predicted molar refractivity (Wildman–Crippen MR) is 194 cm³/mol. The van der Waals surface area contributed by atoms with E-state index in [-0.39, 0.29) is 29.6 Å². The molecule has 2 aliphatic heterocycles. The van der Waals surface area contributed by atoms with Crippen molar-refractivity contribution in [1.82, 2.24) is 34.6 Å². The second kappa shape index (κ2) is 15.1. The van der Waals surface area contributed by atoms with E-state index in [1.807, 2.05) is 4.57 Å². The number of methoxy groups -OCH3 is 1. The summed E-state index contributed by atoms with van der Waals surface area (Å²) in [4.78, 5) is 34.8. The zero-order chi connectivity index (χ0) is 35.6. The number of carbonyl (C=O) groups is 1. The summed E-state index contributed by atoms with van der Waals surface area (Å²) in [5, 5.41) is 16.1. The van der Waals surface area contributed by atoms with Crippen molar-refractivity contribution in [1.29, 1.82) is 5.26 Å². The first-order valence-electron chi connectivity index (χ1n) is 18.8. The Kier molecular flexibility index (Phi) is 10.4. The Morgan fingerprint density at radius 2 is 1.80 bits per heavy atom. The molecule has 2 aliphatic carbocycles. The molecule has 3 fully saturated rings. The summed E-state index contributed by atoms with van der Waals surface area (Å²) < 4.78 is 23.2. The minimum absolute atomic E-state index is 0.0121. The van der Waals surface area contributed by atoms with Crippen LogP contribution in [0, 0.1) is 23.1 Å². The van der Waals surface area contributed by atoms with Crippen molar-refractivity contribution in [2.75, 3.05) is 50.1 Å². The maximum atomic E-state index is 15.7. The van der Waals surface area contributed by atoms with Gasteiger partial charge < -0.3 is 25.2 Å². The number of piperazine rings is 1. The number of hydrogen-bond donors (Lipinski definition) is 2. The van der Waals surface area contributed by atoms with Gasteiger partial charge >= 0.3 is 0 Å². The number of carbonyl (C=O) groups excluding carboxylic acids is 1. The summed E-state index contributed by atoms with van der Waals surface area (Å²) in [6.45, 7) is 12.3. The molecule has 2 saturated carbocycles. The van der Waals surface area contributed by atoms with Gasteiger partial charge in [0.15, 0.2) is 11.5 Å². The molecular weight excluding hydrogens is 647 g/mol. The van der Waals surface area contributed by atoms with E-state index in [1.54, 1.807) is 12.5 Å². The molecule has 1 aromatic carbocycles. The van der Waals surface area contributed by atoms with E-state index >= 15 is 4.39 Å². The van der Waals surface area contributed by atoms with Crippen LogP contribution in [-0.2, 0) is 0 Å². The van der Waals surface area contributed by atoms with Crippen molar-refractivity contribution in [3.05, 3.63) is 47.4 Å². The lowest BCUT2D eigenvalue weighted by atomic mass is 9.89. The van der Waals surface area contributed by atoms with Crippen molar-refractivity contribution >= 4 is 23.4 Å². The normalized spacial score (nSPS) is 22.8. The van der Waals surface area contributed by atoms with Crippen molar-refractivity contribution in [3.63, 3.8) is 0 Å². The third-order valence-electron chi connectivity index (χ3n) is 11.3. The standard InChI is InChI=1S/C38H51FN10O2/c1-5-32-35-31(20-40)42-23-48(35)33-21-41-38(45-36(33)49(32)27-8-6-7-9-27)44-30-19-29(39)28(18-34(30)51-4)37(50)43-25-10-12-26(13-11-25)47-16-14-46(15-17-47)22-24(2)3/h18-19,21,23-27,32H,5-17,22H2,1-4H3,(H,43,50)(H,41,44,45). The Balaban J connectivity index is 1.04. The first-order valence-corrected chi connectivity index (χ1v) is 18.8. The highest BCUT2D eigenvalue weighted by Gasteiger charge is 2.39. The summed E-state index contributed by atoms with van der Waals surface area (Å²) in [5.74, 6) is 0.957. The van der Waals surface area contributed by atoms with Gasteiger partial charge in [-0.1, -0.05) is 33.6 Å². The topological polar surface area (TPSA) is 127 Å². The van der Waals surface area contributed by atoms with Crippen LogP contribution in [0.1, 0.15) is 106 Å². The van der Waals surface area contributed by atoms with Crippen LogP contribution in [0.15, 0.2) is 24.7 Å². The third kappa shape index (κ3) is 7.13. The lowest BCUT2D eigenvalue weighted by Crippen LogP contribution is -2.52. The molecule has 0 radical (unpaired) electrons. The quantitative estimate of drug-likeness (QED) is 0.262. The molecule has 2 N–H and O–H groups in total. The number of aromatic nitrogens is 4. The number of amides is 1. The van der Waals surface area contributed by atoms with Crippen LogP contribution >= 0.6 is 0 Å². The summed E-state index contributed by atoms with van der Waals surface area (Å²) in [7, 11) is 1.50. The Morgan fingerprint density at radius 1 is 1.06 bits per heavy atom. The molecular formula is C38H51FN10O2. The number of ether oxygens (including phenoxy) is 1. The zero-order valence-corrected chi connectivity index (χ0v) is 30.4. The first kappa shape index (κ1) is 35.1. The average molecular weight is 699 g/mol. The van der Waals surface area contributed by atoms with Crippen LogP contribution < -0.4 is 20.3 Å². The summed E-state index contributed by atoms with van der Waals surface area (Å²) in [6, 6.07) is 5.76. The van der Waals surface area contributed by atoms with Crippen LogP contribution in [0.25, 0.3) is 5.69 Å². The third-order valence-corrected chi connectivity index (χ3v) is 11.3. The number of fused-ring (bicyclic) bond motifs is 3. The van der Waals surface area contributed by atoms with E-state index in [4.69, 9.17) is 9.72 Å². The minimum Gasteiger partial charge on any atom is -0.495 e. The van der Waals surface area contributed by atoms with E-state index in [1.165, 1.54) is 19.2 Å². The van der Waals surface area contributed by atoms with Gasteiger partial charge in [0.2, 0.25) is 5.95 Å². The average Bonchev–Trinajstić information content (AvgIpc) is 3.82. The molecule has 4 heterocycles. The lowest BCUT2D eigenvalue weighted by Gasteiger charge is -2.42. The van der Waals surface area contributed by atoms with E-state index in [2.05, 4.69) is 62.1 Å². The highest BCUT2D eigenvalue weighted by Crippen LogP contribution is 2.44. The first-order chi connectivity index (χ1) is 24.8. The largest absolute Gasteiger partial charge is 0.495 e. The molecule has 1 atom stereocenters. The number of benzene rings is 1. The number of nitriles is 1. The second-order valence-electron chi connectivity index (χ2n) is 15.0. The molecule has 1 unspecified atom stereocenters. The van der Waals surface area contributed by atoms with Gasteiger partial charge in [-0.2, -0.15) is 10.2 Å². The van der Waals surface area contributed by atoms with Crippen molar-refractivity contribution in [3.8, 4) is 17.5 Å².